The molecule has 0 aliphatic carbocycles. The minimum atomic E-state index is -1.16. The van der Waals surface area contributed by atoms with Crippen LogP contribution < -0.4 is 10.1 Å². The standard InChI is InChI=1S/C21H24N8O4/c1-12-8-28(27-26-12)9-15-17(30)18(31)21(33-15)29-11-25-16-19(23-10-24-20(16)29)22-7-13-3-5-14(32-2)6-4-13/h3-6,8,10-11,15,17-18,21,30-31H,7,9H2,1-2H3,(H,22,23,24)/t15-,17+,18+,21-/m1/s1. The molecule has 0 amide bonds. The summed E-state index contributed by atoms with van der Waals surface area (Å²) in [5.74, 6) is 1.34. The van der Waals surface area contributed by atoms with Crippen molar-refractivity contribution in [3.05, 3.63) is 54.4 Å². The van der Waals surface area contributed by atoms with Crippen LogP contribution in [0.25, 0.3) is 11.2 Å². The van der Waals surface area contributed by atoms with E-state index < -0.39 is 24.5 Å². The number of aromatic nitrogens is 7. The van der Waals surface area contributed by atoms with E-state index in [0.717, 1.165) is 17.0 Å². The van der Waals surface area contributed by atoms with E-state index in [4.69, 9.17) is 9.47 Å². The highest BCUT2D eigenvalue weighted by Crippen LogP contribution is 2.33. The molecular weight excluding hydrogens is 428 g/mol. The molecule has 0 unspecified atom stereocenters. The first kappa shape index (κ1) is 21.2. The second-order valence-electron chi connectivity index (χ2n) is 7.88. The van der Waals surface area contributed by atoms with Crippen molar-refractivity contribution in [3.63, 3.8) is 0 Å². The summed E-state index contributed by atoms with van der Waals surface area (Å²) in [5, 5.41) is 32.4. The molecule has 0 spiro atoms. The lowest BCUT2D eigenvalue weighted by atomic mass is 10.1. The molecule has 3 aromatic heterocycles. The van der Waals surface area contributed by atoms with Gasteiger partial charge in [0.1, 0.15) is 30.4 Å². The third-order valence-electron chi connectivity index (χ3n) is 5.61. The zero-order valence-corrected chi connectivity index (χ0v) is 18.1. The smallest absolute Gasteiger partial charge is 0.167 e. The summed E-state index contributed by atoms with van der Waals surface area (Å²) in [6.45, 7) is 2.61. The quantitative estimate of drug-likeness (QED) is 0.366. The Morgan fingerprint density at radius 1 is 1.12 bits per heavy atom. The molecular formula is C21H24N8O4. The van der Waals surface area contributed by atoms with Crippen molar-refractivity contribution in [3.8, 4) is 5.75 Å². The third-order valence-corrected chi connectivity index (χ3v) is 5.61. The number of aryl methyl sites for hydroxylation is 1. The molecule has 12 heteroatoms. The second-order valence-corrected chi connectivity index (χ2v) is 7.88. The molecule has 1 fully saturated rings. The van der Waals surface area contributed by atoms with Gasteiger partial charge < -0.3 is 25.0 Å². The Kier molecular flexibility index (Phi) is 5.62. The number of nitrogens with one attached hydrogen (secondary N) is 1. The first-order chi connectivity index (χ1) is 16.0. The van der Waals surface area contributed by atoms with Gasteiger partial charge in [0, 0.05) is 12.7 Å². The molecule has 0 bridgehead atoms. The summed E-state index contributed by atoms with van der Waals surface area (Å²) in [6, 6.07) is 7.71. The van der Waals surface area contributed by atoms with Crippen LogP contribution in [0.3, 0.4) is 0 Å². The van der Waals surface area contributed by atoms with Crippen molar-refractivity contribution >= 4 is 17.0 Å². The second kappa shape index (κ2) is 8.73. The summed E-state index contributed by atoms with van der Waals surface area (Å²) in [7, 11) is 1.63. The van der Waals surface area contributed by atoms with Crippen LogP contribution in [0.2, 0.25) is 0 Å². The van der Waals surface area contributed by atoms with Crippen LogP contribution in [0, 0.1) is 6.92 Å². The first-order valence-corrected chi connectivity index (χ1v) is 10.5. The van der Waals surface area contributed by atoms with Crippen LogP contribution in [0.5, 0.6) is 5.75 Å². The zero-order chi connectivity index (χ0) is 22.9. The van der Waals surface area contributed by atoms with Gasteiger partial charge in [-0.2, -0.15) is 0 Å². The SMILES string of the molecule is COc1ccc(CNc2ncnc3c2ncn3[C@@H]2O[C@H](Cn3cc(C)nn3)[C@H](O)[C@@H]2O)cc1. The van der Waals surface area contributed by atoms with Crippen LogP contribution in [-0.2, 0) is 17.8 Å². The molecule has 4 aromatic rings. The van der Waals surface area contributed by atoms with E-state index >= 15 is 0 Å². The minimum Gasteiger partial charge on any atom is -0.497 e. The summed E-state index contributed by atoms with van der Waals surface area (Å²) < 4.78 is 14.4. The normalized spacial score (nSPS) is 22.7. The van der Waals surface area contributed by atoms with Gasteiger partial charge in [-0.05, 0) is 24.6 Å². The molecule has 1 aliphatic heterocycles. The molecule has 12 nitrogen and oxygen atoms in total. The number of imidazole rings is 1. The highest BCUT2D eigenvalue weighted by Gasteiger charge is 2.44. The van der Waals surface area contributed by atoms with Crippen LogP contribution in [0.4, 0.5) is 5.82 Å². The number of benzene rings is 1. The van der Waals surface area contributed by atoms with E-state index in [1.54, 1.807) is 22.6 Å². The van der Waals surface area contributed by atoms with Gasteiger partial charge in [-0.25, -0.2) is 19.6 Å². The van der Waals surface area contributed by atoms with Crippen molar-refractivity contribution in [1.29, 1.82) is 0 Å². The lowest BCUT2D eigenvalue weighted by Gasteiger charge is -2.16. The lowest BCUT2D eigenvalue weighted by molar-refractivity contribution is -0.0403. The monoisotopic (exact) mass is 452 g/mol. The van der Waals surface area contributed by atoms with Gasteiger partial charge in [0.2, 0.25) is 0 Å². The molecule has 1 aliphatic rings. The number of aliphatic hydroxyl groups excluding tert-OH is 2. The number of nitrogens with zero attached hydrogens (tertiary/aromatic N) is 7. The largest absolute Gasteiger partial charge is 0.497 e. The maximum atomic E-state index is 10.7. The van der Waals surface area contributed by atoms with Gasteiger partial charge in [-0.15, -0.1) is 5.10 Å². The molecule has 3 N–H and O–H groups in total. The predicted octanol–water partition coefficient (Wildman–Crippen LogP) is 0.666. The number of rotatable bonds is 7. The maximum Gasteiger partial charge on any atom is 0.167 e. The molecule has 4 heterocycles. The number of anilines is 1. The number of hydrogen-bond acceptors (Lipinski definition) is 10. The maximum absolute atomic E-state index is 10.7. The molecule has 5 rings (SSSR count). The summed E-state index contributed by atoms with van der Waals surface area (Å²) in [5.41, 5.74) is 2.82. The fraction of sp³-hybridized carbons (Fsp3) is 0.381. The zero-order valence-electron chi connectivity index (χ0n) is 18.1. The van der Waals surface area contributed by atoms with Crippen LogP contribution >= 0.6 is 0 Å². The van der Waals surface area contributed by atoms with Gasteiger partial charge in [0.15, 0.2) is 23.2 Å². The number of aliphatic hydroxyl groups is 2. The Hall–Kier alpha value is -3.61. The lowest BCUT2D eigenvalue weighted by Crippen LogP contribution is -2.33. The van der Waals surface area contributed by atoms with E-state index in [-0.39, 0.29) is 6.54 Å². The van der Waals surface area contributed by atoms with Crippen LogP contribution in [0.1, 0.15) is 17.5 Å². The molecule has 0 saturated carbocycles. The number of hydrogen-bond donors (Lipinski definition) is 3. The number of fused-ring (bicyclic) bond motifs is 1. The minimum absolute atomic E-state index is 0.256. The molecule has 4 atom stereocenters. The van der Waals surface area contributed by atoms with Crippen molar-refractivity contribution in [1.82, 2.24) is 34.5 Å². The van der Waals surface area contributed by atoms with Crippen molar-refractivity contribution in [2.45, 2.75) is 44.6 Å². The number of methoxy groups -OCH3 is 1. The molecule has 33 heavy (non-hydrogen) atoms. The van der Waals surface area contributed by atoms with Gasteiger partial charge in [0.25, 0.3) is 0 Å². The third kappa shape index (κ3) is 4.11. The summed E-state index contributed by atoms with van der Waals surface area (Å²) in [6.07, 6.45) is 0.900. The molecule has 172 valence electrons. The van der Waals surface area contributed by atoms with E-state index in [9.17, 15) is 10.2 Å². The average Bonchev–Trinajstić information content (AvgIpc) is 3.52. The fourth-order valence-corrected chi connectivity index (χ4v) is 3.88. The number of ether oxygens (including phenoxy) is 2. The highest BCUT2D eigenvalue weighted by atomic mass is 16.6. The van der Waals surface area contributed by atoms with Crippen molar-refractivity contribution in [2.75, 3.05) is 12.4 Å². The van der Waals surface area contributed by atoms with Gasteiger partial charge >= 0.3 is 0 Å². The van der Waals surface area contributed by atoms with Crippen molar-refractivity contribution in [2.24, 2.45) is 0 Å². The average molecular weight is 452 g/mol. The Balaban J connectivity index is 1.34. The van der Waals surface area contributed by atoms with Crippen molar-refractivity contribution < 1.29 is 19.7 Å². The summed E-state index contributed by atoms with van der Waals surface area (Å²) in [4.78, 5) is 13.1. The van der Waals surface area contributed by atoms with Crippen LogP contribution in [-0.4, -0.2) is 70.1 Å². The topological polar surface area (TPSA) is 145 Å². The predicted molar refractivity (Wildman–Crippen MR) is 116 cm³/mol. The molecule has 0 radical (unpaired) electrons. The Morgan fingerprint density at radius 2 is 1.94 bits per heavy atom. The van der Waals surface area contributed by atoms with Gasteiger partial charge in [-0.3, -0.25) is 4.57 Å². The van der Waals surface area contributed by atoms with E-state index in [1.807, 2.05) is 31.2 Å². The highest BCUT2D eigenvalue weighted by molar-refractivity contribution is 5.82. The molecule has 1 saturated heterocycles. The van der Waals surface area contributed by atoms with E-state index in [0.29, 0.717) is 23.5 Å². The van der Waals surface area contributed by atoms with E-state index in [1.165, 1.54) is 12.7 Å². The van der Waals surface area contributed by atoms with Gasteiger partial charge in [-0.1, -0.05) is 17.3 Å². The Labute approximate surface area is 188 Å². The first-order valence-electron chi connectivity index (χ1n) is 10.5. The van der Waals surface area contributed by atoms with Crippen LogP contribution in [0.15, 0.2) is 43.1 Å². The van der Waals surface area contributed by atoms with E-state index in [2.05, 4.69) is 30.6 Å². The Bertz CT molecular complexity index is 1240. The molecule has 1 aromatic carbocycles. The fourth-order valence-electron chi connectivity index (χ4n) is 3.88. The summed E-state index contributed by atoms with van der Waals surface area (Å²) >= 11 is 0. The van der Waals surface area contributed by atoms with Gasteiger partial charge in [0.05, 0.1) is 25.7 Å². The Morgan fingerprint density at radius 3 is 2.67 bits per heavy atom.